The molecule has 1 aromatic heterocycles. The molecule has 0 fully saturated rings. The van der Waals surface area contributed by atoms with Crippen molar-refractivity contribution in [3.05, 3.63) is 57.4 Å². The molecule has 0 atom stereocenters. The fourth-order valence-electron chi connectivity index (χ4n) is 2.57. The van der Waals surface area contributed by atoms with Crippen molar-refractivity contribution in [2.75, 3.05) is 0 Å². The molecular weight excluding hydrogens is 280 g/mol. The van der Waals surface area contributed by atoms with Crippen LogP contribution in [0.4, 0.5) is 0 Å². The van der Waals surface area contributed by atoms with Crippen LogP contribution >= 0.6 is 12.2 Å². The molecule has 0 aliphatic heterocycles. The van der Waals surface area contributed by atoms with Crippen molar-refractivity contribution < 1.29 is 0 Å². The third kappa shape index (κ3) is 2.90. The number of aryl methyl sites for hydroxylation is 2. The molecule has 0 bridgehead atoms. The van der Waals surface area contributed by atoms with Gasteiger partial charge in [0, 0.05) is 11.6 Å². The lowest BCUT2D eigenvalue weighted by atomic mass is 10.0. The zero-order chi connectivity index (χ0) is 15.7. The fourth-order valence-corrected chi connectivity index (χ4v) is 2.73. The van der Waals surface area contributed by atoms with Crippen LogP contribution in [0.1, 0.15) is 36.6 Å². The minimum absolute atomic E-state index is 0.0301. The standard InChI is InChI=1S/C17H20N2OS/c1-10(2)19-15(8-7-14(16(18)21)17(19)20)13-6-5-11(3)9-12(13)4/h5-10H,1-4H3,(H2,18,21). The van der Waals surface area contributed by atoms with E-state index in [4.69, 9.17) is 18.0 Å². The summed E-state index contributed by atoms with van der Waals surface area (Å²) in [4.78, 5) is 12.8. The third-order valence-electron chi connectivity index (χ3n) is 3.56. The Bertz CT molecular complexity index is 760. The van der Waals surface area contributed by atoms with Crippen LogP contribution in [0.5, 0.6) is 0 Å². The van der Waals surface area contributed by atoms with Crippen molar-refractivity contribution in [3.63, 3.8) is 0 Å². The second-order valence-electron chi connectivity index (χ2n) is 5.58. The van der Waals surface area contributed by atoms with E-state index in [0.717, 1.165) is 16.8 Å². The lowest BCUT2D eigenvalue weighted by molar-refractivity contribution is 0.584. The molecule has 0 unspecified atom stereocenters. The van der Waals surface area contributed by atoms with Crippen LogP contribution in [0.15, 0.2) is 35.1 Å². The Balaban J connectivity index is 2.78. The summed E-state index contributed by atoms with van der Waals surface area (Å²) < 4.78 is 1.76. The Morgan fingerprint density at radius 2 is 1.86 bits per heavy atom. The third-order valence-corrected chi connectivity index (χ3v) is 3.78. The molecule has 4 heteroatoms. The van der Waals surface area contributed by atoms with Crippen molar-refractivity contribution in [2.24, 2.45) is 5.73 Å². The first-order valence-electron chi connectivity index (χ1n) is 6.96. The Kier molecular flexibility index (Phi) is 4.28. The van der Waals surface area contributed by atoms with Crippen molar-refractivity contribution in [1.82, 2.24) is 4.57 Å². The van der Waals surface area contributed by atoms with Gasteiger partial charge < -0.3 is 10.3 Å². The summed E-state index contributed by atoms with van der Waals surface area (Å²) in [6.45, 7) is 8.08. The van der Waals surface area contributed by atoms with Gasteiger partial charge in [0.25, 0.3) is 5.56 Å². The highest BCUT2D eigenvalue weighted by atomic mass is 32.1. The highest BCUT2D eigenvalue weighted by Gasteiger charge is 2.15. The molecular formula is C17H20N2OS. The van der Waals surface area contributed by atoms with E-state index < -0.39 is 0 Å². The molecule has 0 aliphatic rings. The molecule has 21 heavy (non-hydrogen) atoms. The highest BCUT2D eigenvalue weighted by Crippen LogP contribution is 2.25. The van der Waals surface area contributed by atoms with E-state index in [9.17, 15) is 4.79 Å². The average Bonchev–Trinajstić information content (AvgIpc) is 2.37. The predicted molar refractivity (Wildman–Crippen MR) is 91.9 cm³/mol. The number of hydrogen-bond acceptors (Lipinski definition) is 2. The summed E-state index contributed by atoms with van der Waals surface area (Å²) in [6.07, 6.45) is 0. The van der Waals surface area contributed by atoms with E-state index in [2.05, 4.69) is 32.0 Å². The molecule has 0 spiro atoms. The van der Waals surface area contributed by atoms with Gasteiger partial charge in [-0.15, -0.1) is 0 Å². The zero-order valence-corrected chi connectivity index (χ0v) is 13.6. The van der Waals surface area contributed by atoms with Gasteiger partial charge >= 0.3 is 0 Å². The summed E-state index contributed by atoms with van der Waals surface area (Å²) >= 11 is 4.96. The molecule has 3 nitrogen and oxygen atoms in total. The van der Waals surface area contributed by atoms with Crippen molar-refractivity contribution in [1.29, 1.82) is 0 Å². The molecule has 0 saturated heterocycles. The Hall–Kier alpha value is -1.94. The fraction of sp³-hybridized carbons (Fsp3) is 0.294. The molecule has 0 radical (unpaired) electrons. The largest absolute Gasteiger partial charge is 0.389 e. The first kappa shape index (κ1) is 15.4. The van der Waals surface area contributed by atoms with Crippen LogP contribution < -0.4 is 11.3 Å². The highest BCUT2D eigenvalue weighted by molar-refractivity contribution is 7.80. The Labute approximate surface area is 130 Å². The van der Waals surface area contributed by atoms with Gasteiger partial charge in [-0.25, -0.2) is 0 Å². The minimum Gasteiger partial charge on any atom is -0.389 e. The van der Waals surface area contributed by atoms with Crippen LogP contribution in [-0.2, 0) is 0 Å². The van der Waals surface area contributed by atoms with Crippen LogP contribution in [0.3, 0.4) is 0 Å². The number of nitrogens with zero attached hydrogens (tertiary/aromatic N) is 1. The quantitative estimate of drug-likeness (QED) is 0.884. The van der Waals surface area contributed by atoms with E-state index in [1.165, 1.54) is 5.56 Å². The van der Waals surface area contributed by atoms with Crippen LogP contribution in [0, 0.1) is 13.8 Å². The van der Waals surface area contributed by atoms with Crippen molar-refractivity contribution in [2.45, 2.75) is 33.7 Å². The van der Waals surface area contributed by atoms with E-state index in [1.54, 1.807) is 10.6 Å². The second kappa shape index (κ2) is 5.82. The van der Waals surface area contributed by atoms with Crippen LogP contribution in [0.2, 0.25) is 0 Å². The second-order valence-corrected chi connectivity index (χ2v) is 6.02. The number of nitrogens with two attached hydrogens (primary N) is 1. The first-order chi connectivity index (χ1) is 9.82. The Morgan fingerprint density at radius 3 is 2.38 bits per heavy atom. The maximum absolute atomic E-state index is 12.6. The van der Waals surface area contributed by atoms with Crippen molar-refractivity contribution >= 4 is 17.2 Å². The number of aromatic nitrogens is 1. The molecule has 2 aromatic rings. The van der Waals surface area contributed by atoms with E-state index >= 15 is 0 Å². The number of hydrogen-bond donors (Lipinski definition) is 1. The van der Waals surface area contributed by atoms with Gasteiger partial charge in [-0.05, 0) is 45.4 Å². The summed E-state index contributed by atoms with van der Waals surface area (Å²) in [7, 11) is 0. The molecule has 1 aromatic carbocycles. The van der Waals surface area contributed by atoms with Gasteiger partial charge in [-0.1, -0.05) is 36.0 Å². The lowest BCUT2D eigenvalue weighted by Gasteiger charge is -2.19. The summed E-state index contributed by atoms with van der Waals surface area (Å²) in [5, 5.41) is 0. The van der Waals surface area contributed by atoms with E-state index in [1.807, 2.05) is 19.9 Å². The number of thiocarbonyl (C=S) groups is 1. The van der Waals surface area contributed by atoms with E-state index in [0.29, 0.717) is 5.56 Å². The SMILES string of the molecule is Cc1ccc(-c2ccc(C(N)=S)c(=O)n2C(C)C)c(C)c1. The first-order valence-corrected chi connectivity index (χ1v) is 7.36. The van der Waals surface area contributed by atoms with Gasteiger partial charge in [0.1, 0.15) is 4.99 Å². The maximum Gasteiger partial charge on any atom is 0.261 e. The number of benzene rings is 1. The zero-order valence-electron chi connectivity index (χ0n) is 12.8. The van der Waals surface area contributed by atoms with Gasteiger partial charge in [0.15, 0.2) is 0 Å². The molecule has 110 valence electrons. The van der Waals surface area contributed by atoms with Crippen molar-refractivity contribution in [3.8, 4) is 11.3 Å². The number of rotatable bonds is 3. The summed E-state index contributed by atoms with van der Waals surface area (Å²) in [6, 6.07) is 9.90. The van der Waals surface area contributed by atoms with Gasteiger partial charge in [0.2, 0.25) is 0 Å². The normalized spacial score (nSPS) is 10.9. The monoisotopic (exact) mass is 300 g/mol. The smallest absolute Gasteiger partial charge is 0.261 e. The van der Waals surface area contributed by atoms with Crippen LogP contribution in [-0.4, -0.2) is 9.56 Å². The molecule has 0 amide bonds. The van der Waals surface area contributed by atoms with Crippen LogP contribution in [0.25, 0.3) is 11.3 Å². The summed E-state index contributed by atoms with van der Waals surface area (Å²) in [5.74, 6) is 0. The van der Waals surface area contributed by atoms with Gasteiger partial charge in [0.05, 0.1) is 11.3 Å². The minimum atomic E-state index is -0.130. The van der Waals surface area contributed by atoms with Gasteiger partial charge in [-0.3, -0.25) is 4.79 Å². The molecule has 0 aliphatic carbocycles. The predicted octanol–water partition coefficient (Wildman–Crippen LogP) is 3.35. The van der Waals surface area contributed by atoms with E-state index in [-0.39, 0.29) is 16.6 Å². The summed E-state index contributed by atoms with van der Waals surface area (Å²) in [5.41, 5.74) is 10.2. The molecule has 2 rings (SSSR count). The molecule has 2 N–H and O–H groups in total. The molecule has 0 saturated carbocycles. The number of pyridine rings is 1. The average molecular weight is 300 g/mol. The molecule has 1 heterocycles. The topological polar surface area (TPSA) is 48.0 Å². The Morgan fingerprint density at radius 1 is 1.19 bits per heavy atom. The van der Waals surface area contributed by atoms with Gasteiger partial charge in [-0.2, -0.15) is 0 Å². The lowest BCUT2D eigenvalue weighted by Crippen LogP contribution is -2.31. The maximum atomic E-state index is 12.6.